The number of nitrogens with zero attached hydrogens (tertiary/aromatic N) is 1. The predicted molar refractivity (Wildman–Crippen MR) is 53.6 cm³/mol. The van der Waals surface area contributed by atoms with Gasteiger partial charge in [0.25, 0.3) is 0 Å². The van der Waals surface area contributed by atoms with Crippen molar-refractivity contribution in [2.45, 2.75) is 38.7 Å². The van der Waals surface area contributed by atoms with Crippen LogP contribution in [0.4, 0.5) is 0 Å². The third-order valence-corrected chi connectivity index (χ3v) is 3.35. The molecule has 0 aromatic carbocycles. The van der Waals surface area contributed by atoms with Crippen LogP contribution in [-0.2, 0) is 0 Å². The number of rotatable bonds is 4. The Morgan fingerprint density at radius 1 is 1.38 bits per heavy atom. The first kappa shape index (κ1) is 9.47. The zero-order chi connectivity index (χ0) is 9.47. The van der Waals surface area contributed by atoms with Crippen LogP contribution in [0.1, 0.15) is 33.1 Å². The van der Waals surface area contributed by atoms with Crippen LogP contribution in [0.2, 0.25) is 0 Å². The molecule has 1 saturated heterocycles. The molecule has 0 aromatic rings. The van der Waals surface area contributed by atoms with E-state index in [-0.39, 0.29) is 5.60 Å². The lowest BCUT2D eigenvalue weighted by molar-refractivity contribution is -0.113. The Morgan fingerprint density at radius 2 is 2.00 bits per heavy atom. The second kappa shape index (κ2) is 3.25. The molecule has 0 bridgehead atoms. The minimum atomic E-state index is -0.281. The monoisotopic (exact) mass is 183 g/mol. The van der Waals surface area contributed by atoms with Gasteiger partial charge in [0, 0.05) is 13.1 Å². The average Bonchev–Trinajstić information content (AvgIpc) is 2.77. The molecule has 1 aliphatic carbocycles. The van der Waals surface area contributed by atoms with Crippen molar-refractivity contribution in [3.05, 3.63) is 0 Å². The summed E-state index contributed by atoms with van der Waals surface area (Å²) in [5.74, 6) is 1.43. The maximum atomic E-state index is 10.0. The van der Waals surface area contributed by atoms with Crippen molar-refractivity contribution in [2.75, 3.05) is 19.6 Å². The molecule has 0 radical (unpaired) electrons. The van der Waals surface area contributed by atoms with Crippen LogP contribution in [-0.4, -0.2) is 35.2 Å². The largest absolute Gasteiger partial charge is 0.387 e. The Balaban J connectivity index is 1.66. The van der Waals surface area contributed by atoms with Crippen molar-refractivity contribution < 1.29 is 5.11 Å². The van der Waals surface area contributed by atoms with Crippen molar-refractivity contribution in [3.63, 3.8) is 0 Å². The van der Waals surface area contributed by atoms with Crippen LogP contribution in [0.3, 0.4) is 0 Å². The molecule has 1 N–H and O–H groups in total. The van der Waals surface area contributed by atoms with Crippen LogP contribution < -0.4 is 0 Å². The summed E-state index contributed by atoms with van der Waals surface area (Å²) < 4.78 is 0. The molecule has 2 nitrogen and oxygen atoms in total. The van der Waals surface area contributed by atoms with Gasteiger partial charge in [-0.3, -0.25) is 4.90 Å². The Kier molecular flexibility index (Phi) is 2.37. The Morgan fingerprint density at radius 3 is 2.46 bits per heavy atom. The van der Waals surface area contributed by atoms with Crippen molar-refractivity contribution in [1.29, 1.82) is 0 Å². The Labute approximate surface area is 80.9 Å². The van der Waals surface area contributed by atoms with Gasteiger partial charge in [0.15, 0.2) is 0 Å². The van der Waals surface area contributed by atoms with Gasteiger partial charge in [0.2, 0.25) is 0 Å². The van der Waals surface area contributed by atoms with Gasteiger partial charge >= 0.3 is 0 Å². The highest BCUT2D eigenvalue weighted by Gasteiger charge is 2.51. The van der Waals surface area contributed by atoms with E-state index in [1.165, 1.54) is 25.8 Å². The minimum absolute atomic E-state index is 0.281. The van der Waals surface area contributed by atoms with E-state index < -0.39 is 0 Å². The normalized spacial score (nSPS) is 27.7. The van der Waals surface area contributed by atoms with Gasteiger partial charge in [-0.15, -0.1) is 0 Å². The van der Waals surface area contributed by atoms with Crippen molar-refractivity contribution in [3.8, 4) is 0 Å². The summed E-state index contributed by atoms with van der Waals surface area (Å²) in [5, 5.41) is 10.0. The molecule has 1 aliphatic heterocycles. The molecule has 2 fully saturated rings. The molecule has 1 heterocycles. The number of hydrogen-bond donors (Lipinski definition) is 1. The van der Waals surface area contributed by atoms with Gasteiger partial charge in [0.05, 0.1) is 5.60 Å². The summed E-state index contributed by atoms with van der Waals surface area (Å²) >= 11 is 0. The smallest absolute Gasteiger partial charge is 0.0928 e. The van der Waals surface area contributed by atoms with E-state index in [0.717, 1.165) is 19.0 Å². The standard InChI is InChI=1S/C11H21NO/c1-9(2)5-6-12-7-11(13,8-12)10-3-4-10/h9-10,13H,3-8H2,1-2H3. The highest BCUT2D eigenvalue weighted by Crippen LogP contribution is 2.44. The van der Waals surface area contributed by atoms with E-state index in [9.17, 15) is 5.11 Å². The molecule has 2 heteroatoms. The van der Waals surface area contributed by atoms with Gasteiger partial charge in [-0.2, -0.15) is 0 Å². The van der Waals surface area contributed by atoms with Crippen molar-refractivity contribution in [1.82, 2.24) is 4.90 Å². The van der Waals surface area contributed by atoms with Gasteiger partial charge in [-0.25, -0.2) is 0 Å². The van der Waals surface area contributed by atoms with Crippen LogP contribution in [0.15, 0.2) is 0 Å². The molecule has 76 valence electrons. The van der Waals surface area contributed by atoms with Crippen LogP contribution in [0.25, 0.3) is 0 Å². The van der Waals surface area contributed by atoms with Crippen molar-refractivity contribution >= 4 is 0 Å². The third kappa shape index (κ3) is 2.05. The van der Waals surface area contributed by atoms with E-state index in [4.69, 9.17) is 0 Å². The van der Waals surface area contributed by atoms with Crippen LogP contribution >= 0.6 is 0 Å². The number of likely N-dealkylation sites (tertiary alicyclic amines) is 1. The second-order valence-corrected chi connectivity index (χ2v) is 5.27. The van der Waals surface area contributed by atoms with E-state index in [0.29, 0.717) is 5.92 Å². The molecular formula is C11H21NO. The average molecular weight is 183 g/mol. The molecule has 0 spiro atoms. The van der Waals surface area contributed by atoms with Crippen LogP contribution in [0.5, 0.6) is 0 Å². The predicted octanol–water partition coefficient (Wildman–Crippen LogP) is 1.49. The van der Waals surface area contributed by atoms with E-state index in [2.05, 4.69) is 18.7 Å². The number of β-amino-alcohol motifs (C(OH)–C–C–N with tert-alkyl or cyclic N) is 1. The van der Waals surface area contributed by atoms with E-state index >= 15 is 0 Å². The minimum Gasteiger partial charge on any atom is -0.387 e. The van der Waals surface area contributed by atoms with Crippen LogP contribution in [0, 0.1) is 11.8 Å². The Bertz CT molecular complexity index is 181. The third-order valence-electron chi connectivity index (χ3n) is 3.35. The van der Waals surface area contributed by atoms with E-state index in [1.807, 2.05) is 0 Å². The first-order valence-electron chi connectivity index (χ1n) is 5.55. The SMILES string of the molecule is CC(C)CCN1CC(O)(C2CC2)C1. The molecule has 2 aliphatic rings. The summed E-state index contributed by atoms with van der Waals surface area (Å²) in [6.45, 7) is 7.56. The fourth-order valence-electron chi connectivity index (χ4n) is 2.21. The zero-order valence-corrected chi connectivity index (χ0v) is 8.79. The van der Waals surface area contributed by atoms with E-state index in [1.54, 1.807) is 0 Å². The fourth-order valence-corrected chi connectivity index (χ4v) is 2.21. The summed E-state index contributed by atoms with van der Waals surface area (Å²) in [6.07, 6.45) is 3.78. The second-order valence-electron chi connectivity index (χ2n) is 5.27. The molecule has 0 atom stereocenters. The molecule has 0 aromatic heterocycles. The zero-order valence-electron chi connectivity index (χ0n) is 8.79. The lowest BCUT2D eigenvalue weighted by Gasteiger charge is -2.47. The molecule has 1 saturated carbocycles. The summed E-state index contributed by atoms with van der Waals surface area (Å²) in [5.41, 5.74) is -0.281. The summed E-state index contributed by atoms with van der Waals surface area (Å²) in [7, 11) is 0. The lowest BCUT2D eigenvalue weighted by atomic mass is 9.88. The lowest BCUT2D eigenvalue weighted by Crippen LogP contribution is -2.63. The highest BCUT2D eigenvalue weighted by molar-refractivity contribution is 5.05. The first-order chi connectivity index (χ1) is 6.10. The first-order valence-corrected chi connectivity index (χ1v) is 5.55. The summed E-state index contributed by atoms with van der Waals surface area (Å²) in [4.78, 5) is 2.39. The van der Waals surface area contributed by atoms with Gasteiger partial charge < -0.3 is 5.11 Å². The number of aliphatic hydroxyl groups is 1. The van der Waals surface area contributed by atoms with Gasteiger partial charge in [-0.05, 0) is 37.6 Å². The summed E-state index contributed by atoms with van der Waals surface area (Å²) in [6, 6.07) is 0. The topological polar surface area (TPSA) is 23.5 Å². The van der Waals surface area contributed by atoms with Crippen molar-refractivity contribution in [2.24, 2.45) is 11.8 Å². The maximum absolute atomic E-state index is 10.0. The molecular weight excluding hydrogens is 162 g/mol. The number of hydrogen-bond acceptors (Lipinski definition) is 2. The fraction of sp³-hybridized carbons (Fsp3) is 1.00. The van der Waals surface area contributed by atoms with Gasteiger partial charge in [0.1, 0.15) is 0 Å². The molecule has 0 unspecified atom stereocenters. The van der Waals surface area contributed by atoms with Gasteiger partial charge in [-0.1, -0.05) is 13.8 Å². The highest BCUT2D eigenvalue weighted by atomic mass is 16.3. The Hall–Kier alpha value is -0.0800. The maximum Gasteiger partial charge on any atom is 0.0928 e. The molecule has 2 rings (SSSR count). The molecule has 0 amide bonds. The quantitative estimate of drug-likeness (QED) is 0.714. The molecule has 13 heavy (non-hydrogen) atoms.